The number of halogens is 1. The zero-order chi connectivity index (χ0) is 27.3. The molecule has 4 fully saturated rings. The van der Waals surface area contributed by atoms with Gasteiger partial charge in [0.2, 0.25) is 5.89 Å². The second-order valence-electron chi connectivity index (χ2n) is 11.3. The highest BCUT2D eigenvalue weighted by atomic mass is 35.5. The molecule has 1 aromatic heterocycles. The number of benzene rings is 2. The molecule has 0 radical (unpaired) electrons. The summed E-state index contributed by atoms with van der Waals surface area (Å²) < 4.78 is 13.8. The van der Waals surface area contributed by atoms with E-state index in [-0.39, 0.29) is 12.0 Å². The number of carbonyl (C=O) groups excluding carboxylic acids is 1. The molecule has 2 bridgehead atoms. The molecule has 2 aromatic carbocycles. The van der Waals surface area contributed by atoms with Crippen LogP contribution in [0.4, 0.5) is 0 Å². The number of piperidine rings is 3. The Morgan fingerprint density at radius 3 is 2.41 bits per heavy atom. The maximum atomic E-state index is 12.0. The lowest BCUT2D eigenvalue weighted by Crippen LogP contribution is -2.63. The number of nitrogens with zero attached hydrogens (tertiary/aromatic N) is 2. The van der Waals surface area contributed by atoms with Gasteiger partial charge in [-0.3, -0.25) is 0 Å². The molecular formula is C31H37ClN2O5. The fraction of sp³-hybridized carbons (Fsp3) is 0.484. The molecule has 7 nitrogen and oxygen atoms in total. The number of aliphatic hydroxyl groups is 1. The van der Waals surface area contributed by atoms with Crippen molar-refractivity contribution in [3.63, 3.8) is 0 Å². The molecule has 4 aliphatic rings. The Kier molecular flexibility index (Phi) is 8.72. The van der Waals surface area contributed by atoms with Gasteiger partial charge in [-0.15, -0.1) is 0 Å². The van der Waals surface area contributed by atoms with Gasteiger partial charge in [-0.1, -0.05) is 66.9 Å². The average molecular weight is 553 g/mol. The van der Waals surface area contributed by atoms with E-state index in [1.165, 1.54) is 12.8 Å². The van der Waals surface area contributed by atoms with Crippen LogP contribution in [-0.2, 0) is 28.3 Å². The number of carbonyl (C=O) groups is 1. The van der Waals surface area contributed by atoms with Crippen LogP contribution < -0.4 is 5.11 Å². The normalized spacial score (nSPS) is 26.0. The molecular weight excluding hydrogens is 516 g/mol. The van der Waals surface area contributed by atoms with Gasteiger partial charge in [0.1, 0.15) is 19.2 Å². The lowest BCUT2D eigenvalue weighted by atomic mass is 9.80. The van der Waals surface area contributed by atoms with Gasteiger partial charge in [-0.2, -0.15) is 0 Å². The first-order valence-corrected chi connectivity index (χ1v) is 14.3. The molecule has 39 heavy (non-hydrogen) atoms. The van der Waals surface area contributed by atoms with Gasteiger partial charge < -0.3 is 28.6 Å². The van der Waals surface area contributed by atoms with Crippen LogP contribution in [0.1, 0.15) is 61.3 Å². The van der Waals surface area contributed by atoms with E-state index in [0.717, 1.165) is 78.3 Å². The van der Waals surface area contributed by atoms with Crippen molar-refractivity contribution in [3.05, 3.63) is 88.6 Å². The molecule has 208 valence electrons. The van der Waals surface area contributed by atoms with Crippen LogP contribution >= 0.6 is 11.6 Å². The Morgan fingerprint density at radius 2 is 1.74 bits per heavy atom. The second kappa shape index (κ2) is 12.2. The molecule has 3 aromatic rings. The maximum absolute atomic E-state index is 12.0. The predicted molar refractivity (Wildman–Crippen MR) is 145 cm³/mol. The molecule has 0 unspecified atom stereocenters. The number of fused-ring (bicyclic) bond motifs is 3. The van der Waals surface area contributed by atoms with Crippen molar-refractivity contribution in [2.45, 2.75) is 63.4 Å². The minimum atomic E-state index is -1.17. The standard InChI is InChI=1S/C30H36ClN2O3.CH2O2/c31-26-12-10-22(11-13-26)21-35-28-20-33(16-14-23(28)15-17-33)19-27-18-32-29(36-27)30(34,25-8-4-5-9-25)24-6-2-1-3-7-24;2-1-3/h1-3,6-7,10-13,18,23,25,28,34H,4-5,8-9,14-17,19-21H2;1H,(H,2,3)/q+1;/p-1/t23?,28-,30-,33?;/m0./s1. The van der Waals surface area contributed by atoms with Crippen molar-refractivity contribution in [1.82, 2.24) is 4.98 Å². The highest BCUT2D eigenvalue weighted by Gasteiger charge is 2.48. The van der Waals surface area contributed by atoms with Crippen LogP contribution in [0.3, 0.4) is 0 Å². The molecule has 7 rings (SSSR count). The highest BCUT2D eigenvalue weighted by Crippen LogP contribution is 2.45. The van der Waals surface area contributed by atoms with Gasteiger partial charge >= 0.3 is 0 Å². The molecule has 0 amide bonds. The van der Waals surface area contributed by atoms with Crippen molar-refractivity contribution in [2.75, 3.05) is 19.6 Å². The topological polar surface area (TPSA) is 95.6 Å². The Bertz CT molecular complexity index is 1200. The predicted octanol–water partition coefficient (Wildman–Crippen LogP) is 4.45. The highest BCUT2D eigenvalue weighted by molar-refractivity contribution is 6.30. The summed E-state index contributed by atoms with van der Waals surface area (Å²) in [7, 11) is 0. The zero-order valence-electron chi connectivity index (χ0n) is 22.2. The SMILES string of the molecule is O=C[O-].O[C@](c1ccccc1)(c1ncc(C[N+]23CCC(CC2)[C@@H](OCc2ccc(Cl)cc2)C3)o1)C1CCCC1. The summed E-state index contributed by atoms with van der Waals surface area (Å²) in [4.78, 5) is 12.9. The monoisotopic (exact) mass is 552 g/mol. The first-order chi connectivity index (χ1) is 19.0. The number of aromatic nitrogens is 1. The molecule has 1 N–H and O–H groups in total. The summed E-state index contributed by atoms with van der Waals surface area (Å²) in [6.45, 7) is 4.21. The summed E-state index contributed by atoms with van der Waals surface area (Å²) in [5.74, 6) is 2.09. The van der Waals surface area contributed by atoms with Crippen LogP contribution in [0, 0.1) is 11.8 Å². The van der Waals surface area contributed by atoms with Crippen LogP contribution in [0.5, 0.6) is 0 Å². The molecule has 1 aliphatic carbocycles. The third kappa shape index (κ3) is 6.07. The van der Waals surface area contributed by atoms with Crippen molar-refractivity contribution >= 4 is 18.1 Å². The number of hydrogen-bond donors (Lipinski definition) is 1. The third-order valence-corrected chi connectivity index (χ3v) is 9.20. The minimum absolute atomic E-state index is 0.134. The first kappa shape index (κ1) is 27.8. The zero-order valence-corrected chi connectivity index (χ0v) is 23.0. The van der Waals surface area contributed by atoms with Crippen LogP contribution in [0.15, 0.2) is 65.2 Å². The van der Waals surface area contributed by atoms with Gasteiger partial charge in [0, 0.05) is 36.2 Å². The second-order valence-corrected chi connectivity index (χ2v) is 11.7. The Labute approximate surface area is 235 Å². The average Bonchev–Trinajstić information content (AvgIpc) is 3.67. The number of hydrogen-bond acceptors (Lipinski definition) is 6. The van der Waals surface area contributed by atoms with E-state index in [1.807, 2.05) is 60.8 Å². The Hall–Kier alpha value is -2.71. The smallest absolute Gasteiger partial charge is 0.231 e. The van der Waals surface area contributed by atoms with Gasteiger partial charge in [-0.25, -0.2) is 4.98 Å². The van der Waals surface area contributed by atoms with E-state index < -0.39 is 12.1 Å². The molecule has 2 atom stereocenters. The van der Waals surface area contributed by atoms with Crippen molar-refractivity contribution in [3.8, 4) is 0 Å². The first-order valence-electron chi connectivity index (χ1n) is 14.0. The number of quaternary nitrogens is 1. The number of rotatable bonds is 8. The van der Waals surface area contributed by atoms with E-state index in [0.29, 0.717) is 18.4 Å². The Morgan fingerprint density at radius 1 is 1.08 bits per heavy atom. The number of ether oxygens (including phenoxy) is 1. The van der Waals surface area contributed by atoms with E-state index in [2.05, 4.69) is 4.98 Å². The lowest BCUT2D eigenvalue weighted by Gasteiger charge is -2.52. The minimum Gasteiger partial charge on any atom is -0.554 e. The van der Waals surface area contributed by atoms with Crippen molar-refractivity contribution < 1.29 is 28.6 Å². The van der Waals surface area contributed by atoms with E-state index in [1.54, 1.807) is 0 Å². The number of carboxylic acid groups (broad SMARTS) is 1. The van der Waals surface area contributed by atoms with Gasteiger partial charge in [0.05, 0.1) is 25.9 Å². The summed E-state index contributed by atoms with van der Waals surface area (Å²) in [6.07, 6.45) is 8.76. The third-order valence-electron chi connectivity index (χ3n) is 8.95. The summed E-state index contributed by atoms with van der Waals surface area (Å²) in [5, 5.41) is 21.1. The van der Waals surface area contributed by atoms with E-state index in [9.17, 15) is 5.11 Å². The largest absolute Gasteiger partial charge is 0.554 e. The maximum Gasteiger partial charge on any atom is 0.231 e. The van der Waals surface area contributed by atoms with Crippen molar-refractivity contribution in [1.29, 1.82) is 0 Å². The van der Waals surface area contributed by atoms with Crippen molar-refractivity contribution in [2.24, 2.45) is 11.8 Å². The lowest BCUT2D eigenvalue weighted by molar-refractivity contribution is -0.959. The summed E-state index contributed by atoms with van der Waals surface area (Å²) in [6, 6.07) is 17.9. The van der Waals surface area contributed by atoms with Gasteiger partial charge in [-0.05, 0) is 36.1 Å². The summed E-state index contributed by atoms with van der Waals surface area (Å²) in [5.41, 5.74) is 0.871. The fourth-order valence-electron chi connectivity index (χ4n) is 6.87. The molecule has 0 spiro atoms. The van der Waals surface area contributed by atoms with Crippen LogP contribution in [-0.4, -0.2) is 46.8 Å². The number of oxazole rings is 1. The van der Waals surface area contributed by atoms with Crippen LogP contribution in [0.25, 0.3) is 0 Å². The van der Waals surface area contributed by atoms with Crippen LogP contribution in [0.2, 0.25) is 5.02 Å². The molecule has 3 saturated heterocycles. The molecule has 8 heteroatoms. The quantitative estimate of drug-likeness (QED) is 0.328. The molecule has 4 heterocycles. The van der Waals surface area contributed by atoms with Gasteiger partial charge in [0.25, 0.3) is 0 Å². The summed E-state index contributed by atoms with van der Waals surface area (Å²) >= 11 is 6.04. The van der Waals surface area contributed by atoms with E-state index >= 15 is 0 Å². The molecule has 3 aliphatic heterocycles. The van der Waals surface area contributed by atoms with Gasteiger partial charge in [0.15, 0.2) is 11.4 Å². The van der Waals surface area contributed by atoms with E-state index in [4.69, 9.17) is 30.7 Å². The fourth-order valence-corrected chi connectivity index (χ4v) is 7.00. The Balaban J connectivity index is 0.000000983. The molecule has 1 saturated carbocycles.